The van der Waals surface area contributed by atoms with Gasteiger partial charge in [-0.25, -0.2) is 0 Å². The molecular formula is C16H31N3O2. The molecule has 2 atom stereocenters. The number of nitrogens with zero attached hydrogens (tertiary/aromatic N) is 1. The van der Waals surface area contributed by atoms with Gasteiger partial charge >= 0.3 is 0 Å². The number of rotatable bonds is 8. The number of hydrogen-bond donors (Lipinski definition) is 2. The lowest BCUT2D eigenvalue weighted by Gasteiger charge is -2.28. The first-order chi connectivity index (χ1) is 10.1. The highest BCUT2D eigenvalue weighted by molar-refractivity contribution is 5.79. The number of carbonyl (C=O) groups is 2. The largest absolute Gasteiger partial charge is 0.356 e. The molecule has 1 fully saturated rings. The molecule has 1 saturated heterocycles. The minimum Gasteiger partial charge on any atom is -0.356 e. The van der Waals surface area contributed by atoms with Crippen molar-refractivity contribution in [2.24, 2.45) is 11.8 Å². The zero-order chi connectivity index (χ0) is 15.7. The lowest BCUT2D eigenvalue weighted by molar-refractivity contribution is -0.130. The van der Waals surface area contributed by atoms with Gasteiger partial charge in [-0.2, -0.15) is 0 Å². The van der Waals surface area contributed by atoms with E-state index in [1.54, 1.807) is 4.90 Å². The standard InChI is InChI=1S/C16H31N3O2/c1-4-19(5-2)16(21)8-10-18-15(20)11-13(3)14-7-6-9-17-12-14/h13-14,17H,4-12H2,1-3H3,(H,18,20). The van der Waals surface area contributed by atoms with E-state index in [9.17, 15) is 9.59 Å². The van der Waals surface area contributed by atoms with Crippen molar-refractivity contribution < 1.29 is 9.59 Å². The maximum atomic E-state index is 11.9. The Balaban J connectivity index is 2.19. The average Bonchev–Trinajstić information content (AvgIpc) is 2.49. The topological polar surface area (TPSA) is 61.4 Å². The van der Waals surface area contributed by atoms with Crippen LogP contribution in [-0.4, -0.2) is 49.4 Å². The monoisotopic (exact) mass is 297 g/mol. The second-order valence-electron chi connectivity index (χ2n) is 5.95. The molecule has 0 saturated carbocycles. The van der Waals surface area contributed by atoms with Gasteiger partial charge in [0.15, 0.2) is 0 Å². The molecule has 21 heavy (non-hydrogen) atoms. The molecule has 0 aromatic rings. The molecule has 5 nitrogen and oxygen atoms in total. The van der Waals surface area contributed by atoms with Gasteiger partial charge in [0.25, 0.3) is 0 Å². The molecule has 0 aromatic carbocycles. The molecule has 5 heteroatoms. The Hall–Kier alpha value is -1.10. The van der Waals surface area contributed by atoms with E-state index >= 15 is 0 Å². The van der Waals surface area contributed by atoms with E-state index in [-0.39, 0.29) is 11.8 Å². The van der Waals surface area contributed by atoms with Crippen LogP contribution in [0.4, 0.5) is 0 Å². The van der Waals surface area contributed by atoms with Crippen LogP contribution < -0.4 is 10.6 Å². The highest BCUT2D eigenvalue weighted by Crippen LogP contribution is 2.22. The second kappa shape index (κ2) is 9.77. The zero-order valence-electron chi connectivity index (χ0n) is 13.8. The van der Waals surface area contributed by atoms with Crippen LogP contribution in [0.3, 0.4) is 0 Å². The molecule has 0 aliphatic carbocycles. The minimum atomic E-state index is 0.0698. The Morgan fingerprint density at radius 2 is 2.05 bits per heavy atom. The Labute approximate surface area is 128 Å². The first-order valence-electron chi connectivity index (χ1n) is 8.33. The van der Waals surface area contributed by atoms with Gasteiger partial charge in [0.05, 0.1) is 0 Å². The van der Waals surface area contributed by atoms with Gasteiger partial charge < -0.3 is 15.5 Å². The maximum absolute atomic E-state index is 11.9. The number of piperidine rings is 1. The number of amides is 2. The summed E-state index contributed by atoms with van der Waals surface area (Å²) in [5.41, 5.74) is 0. The van der Waals surface area contributed by atoms with E-state index in [0.717, 1.165) is 26.2 Å². The van der Waals surface area contributed by atoms with Crippen molar-refractivity contribution >= 4 is 11.8 Å². The lowest BCUT2D eigenvalue weighted by atomic mass is 9.85. The van der Waals surface area contributed by atoms with E-state index in [4.69, 9.17) is 0 Å². The van der Waals surface area contributed by atoms with Gasteiger partial charge in [0.2, 0.25) is 11.8 Å². The van der Waals surface area contributed by atoms with Crippen molar-refractivity contribution in [1.29, 1.82) is 0 Å². The summed E-state index contributed by atoms with van der Waals surface area (Å²) in [6.45, 7) is 10.1. The summed E-state index contributed by atoms with van der Waals surface area (Å²) in [6, 6.07) is 0. The molecule has 1 aliphatic rings. The van der Waals surface area contributed by atoms with Crippen molar-refractivity contribution in [1.82, 2.24) is 15.5 Å². The Morgan fingerprint density at radius 3 is 2.62 bits per heavy atom. The second-order valence-corrected chi connectivity index (χ2v) is 5.95. The van der Waals surface area contributed by atoms with Crippen molar-refractivity contribution in [3.05, 3.63) is 0 Å². The summed E-state index contributed by atoms with van der Waals surface area (Å²) in [5.74, 6) is 1.18. The van der Waals surface area contributed by atoms with Crippen LogP contribution in [0.1, 0.15) is 46.5 Å². The smallest absolute Gasteiger partial charge is 0.224 e. The fraction of sp³-hybridized carbons (Fsp3) is 0.875. The Morgan fingerprint density at radius 1 is 1.33 bits per heavy atom. The summed E-state index contributed by atoms with van der Waals surface area (Å²) in [4.78, 5) is 25.5. The van der Waals surface area contributed by atoms with Crippen LogP contribution in [-0.2, 0) is 9.59 Å². The molecule has 0 radical (unpaired) electrons. The molecule has 0 bridgehead atoms. The SMILES string of the molecule is CCN(CC)C(=O)CCNC(=O)CC(C)C1CCCNC1. The lowest BCUT2D eigenvalue weighted by Crippen LogP contribution is -2.37. The van der Waals surface area contributed by atoms with Crippen LogP contribution in [0.5, 0.6) is 0 Å². The molecule has 2 unspecified atom stereocenters. The van der Waals surface area contributed by atoms with Crippen molar-refractivity contribution in [2.75, 3.05) is 32.7 Å². The molecule has 0 spiro atoms. The molecule has 0 aromatic heterocycles. The fourth-order valence-corrected chi connectivity index (χ4v) is 2.94. The van der Waals surface area contributed by atoms with Gasteiger partial charge in [-0.15, -0.1) is 0 Å². The third-order valence-electron chi connectivity index (χ3n) is 4.42. The van der Waals surface area contributed by atoms with Crippen LogP contribution in [0, 0.1) is 11.8 Å². The first-order valence-corrected chi connectivity index (χ1v) is 8.33. The van der Waals surface area contributed by atoms with Gasteiger partial charge in [-0.3, -0.25) is 9.59 Å². The molecular weight excluding hydrogens is 266 g/mol. The number of hydrogen-bond acceptors (Lipinski definition) is 3. The molecule has 2 amide bonds. The molecule has 2 N–H and O–H groups in total. The van der Waals surface area contributed by atoms with E-state index < -0.39 is 0 Å². The summed E-state index contributed by atoms with van der Waals surface area (Å²) in [6.07, 6.45) is 3.37. The van der Waals surface area contributed by atoms with Crippen LogP contribution >= 0.6 is 0 Å². The number of nitrogens with one attached hydrogen (secondary N) is 2. The first kappa shape index (κ1) is 18.0. The van der Waals surface area contributed by atoms with Crippen LogP contribution in [0.15, 0.2) is 0 Å². The van der Waals surface area contributed by atoms with E-state index in [0.29, 0.717) is 31.2 Å². The van der Waals surface area contributed by atoms with Crippen LogP contribution in [0.25, 0.3) is 0 Å². The van der Waals surface area contributed by atoms with Crippen molar-refractivity contribution in [3.8, 4) is 0 Å². The fourth-order valence-electron chi connectivity index (χ4n) is 2.94. The highest BCUT2D eigenvalue weighted by Gasteiger charge is 2.22. The average molecular weight is 297 g/mol. The molecule has 1 heterocycles. The van der Waals surface area contributed by atoms with Crippen LogP contribution in [0.2, 0.25) is 0 Å². The quantitative estimate of drug-likeness (QED) is 0.711. The van der Waals surface area contributed by atoms with Gasteiger partial charge in [-0.05, 0) is 51.6 Å². The maximum Gasteiger partial charge on any atom is 0.224 e. The Bertz CT molecular complexity index is 323. The summed E-state index contributed by atoms with van der Waals surface area (Å²) >= 11 is 0. The third kappa shape index (κ3) is 6.46. The molecule has 122 valence electrons. The molecule has 1 aliphatic heterocycles. The third-order valence-corrected chi connectivity index (χ3v) is 4.42. The molecule has 1 rings (SSSR count). The predicted molar refractivity (Wildman–Crippen MR) is 84.9 cm³/mol. The minimum absolute atomic E-state index is 0.0698. The summed E-state index contributed by atoms with van der Waals surface area (Å²) in [5, 5.41) is 6.27. The van der Waals surface area contributed by atoms with Gasteiger partial charge in [-0.1, -0.05) is 6.92 Å². The van der Waals surface area contributed by atoms with Crippen molar-refractivity contribution in [2.45, 2.75) is 46.5 Å². The normalized spacial score (nSPS) is 19.9. The number of carbonyl (C=O) groups excluding carboxylic acids is 2. The Kier molecular flexibility index (Phi) is 8.35. The van der Waals surface area contributed by atoms with Gasteiger partial charge in [0, 0.05) is 32.5 Å². The van der Waals surface area contributed by atoms with E-state index in [2.05, 4.69) is 17.6 Å². The highest BCUT2D eigenvalue weighted by atomic mass is 16.2. The van der Waals surface area contributed by atoms with Gasteiger partial charge in [0.1, 0.15) is 0 Å². The van der Waals surface area contributed by atoms with E-state index in [1.165, 1.54) is 12.8 Å². The van der Waals surface area contributed by atoms with Crippen molar-refractivity contribution in [3.63, 3.8) is 0 Å². The summed E-state index contributed by atoms with van der Waals surface area (Å²) in [7, 11) is 0. The van der Waals surface area contributed by atoms with E-state index in [1.807, 2.05) is 13.8 Å². The zero-order valence-corrected chi connectivity index (χ0v) is 13.8. The predicted octanol–water partition coefficient (Wildman–Crippen LogP) is 1.39. The summed E-state index contributed by atoms with van der Waals surface area (Å²) < 4.78 is 0.